The van der Waals surface area contributed by atoms with Crippen LogP contribution in [0.15, 0.2) is 33.7 Å². The predicted molar refractivity (Wildman–Crippen MR) is 69.9 cm³/mol. The van der Waals surface area contributed by atoms with Gasteiger partial charge in [0.1, 0.15) is 5.75 Å². The Hall–Kier alpha value is -0.320. The number of halogens is 2. The Morgan fingerprint density at radius 1 is 1.40 bits per heavy atom. The van der Waals surface area contributed by atoms with E-state index in [4.69, 9.17) is 5.73 Å². The van der Waals surface area contributed by atoms with Crippen molar-refractivity contribution in [2.45, 2.75) is 18.9 Å². The second kappa shape index (κ2) is 5.68. The molecule has 0 radical (unpaired) electrons. The molecule has 0 aliphatic rings. The Bertz CT molecular complexity index is 366. The molecule has 1 atom stereocenters. The van der Waals surface area contributed by atoms with Crippen LogP contribution in [0.1, 0.15) is 24.4 Å². The number of benzene rings is 1. The summed E-state index contributed by atoms with van der Waals surface area (Å²) in [5.74, 6) is 0.209. The van der Waals surface area contributed by atoms with Crippen molar-refractivity contribution in [3.8, 4) is 5.75 Å². The molecule has 0 aliphatic carbocycles. The highest BCUT2D eigenvalue weighted by Crippen LogP contribution is 2.37. The number of hydrogen-bond acceptors (Lipinski definition) is 2. The van der Waals surface area contributed by atoms with Crippen molar-refractivity contribution in [1.82, 2.24) is 0 Å². The summed E-state index contributed by atoms with van der Waals surface area (Å²) in [6, 6.07) is 3.46. The minimum absolute atomic E-state index is 0.185. The van der Waals surface area contributed by atoms with Gasteiger partial charge in [-0.2, -0.15) is 0 Å². The van der Waals surface area contributed by atoms with Gasteiger partial charge in [0.25, 0.3) is 0 Å². The summed E-state index contributed by atoms with van der Waals surface area (Å²) in [6.07, 6.45) is 3.43. The number of phenols is 1. The van der Waals surface area contributed by atoms with Crippen molar-refractivity contribution in [2.24, 2.45) is 5.73 Å². The lowest BCUT2D eigenvalue weighted by Crippen LogP contribution is -2.11. The zero-order valence-corrected chi connectivity index (χ0v) is 11.4. The van der Waals surface area contributed by atoms with E-state index in [1.54, 1.807) is 6.07 Å². The molecule has 4 heteroatoms. The minimum atomic E-state index is -0.185. The molecular weight excluding hydrogens is 322 g/mol. The molecule has 0 heterocycles. The molecule has 2 nitrogen and oxygen atoms in total. The number of phenolic OH excluding ortho intramolecular Hbond substituents is 1. The molecule has 0 aromatic heterocycles. The largest absolute Gasteiger partial charge is 0.506 e. The van der Waals surface area contributed by atoms with Crippen molar-refractivity contribution in [2.75, 3.05) is 0 Å². The fraction of sp³-hybridized carbons (Fsp3) is 0.273. The van der Waals surface area contributed by atoms with Gasteiger partial charge in [-0.15, -0.1) is 6.58 Å². The quantitative estimate of drug-likeness (QED) is 0.821. The summed E-state index contributed by atoms with van der Waals surface area (Å²) in [5.41, 5.74) is 6.73. The predicted octanol–water partition coefficient (Wildman–Crippen LogP) is 3.88. The normalized spacial score (nSPS) is 12.5. The van der Waals surface area contributed by atoms with Crippen LogP contribution in [0.4, 0.5) is 0 Å². The van der Waals surface area contributed by atoms with E-state index in [2.05, 4.69) is 38.4 Å². The van der Waals surface area contributed by atoms with Crippen LogP contribution in [0, 0.1) is 0 Å². The molecule has 0 aliphatic heterocycles. The first-order valence-electron chi connectivity index (χ1n) is 4.61. The Morgan fingerprint density at radius 3 is 2.60 bits per heavy atom. The van der Waals surface area contributed by atoms with Crippen LogP contribution in [0.25, 0.3) is 0 Å². The van der Waals surface area contributed by atoms with Crippen LogP contribution in [-0.4, -0.2) is 5.11 Å². The smallest absolute Gasteiger partial charge is 0.135 e. The first kappa shape index (κ1) is 12.7. The van der Waals surface area contributed by atoms with E-state index in [1.165, 1.54) is 0 Å². The highest BCUT2D eigenvalue weighted by molar-refractivity contribution is 9.11. The van der Waals surface area contributed by atoms with Crippen molar-refractivity contribution < 1.29 is 5.11 Å². The molecule has 0 unspecified atom stereocenters. The summed E-state index contributed by atoms with van der Waals surface area (Å²) < 4.78 is 1.49. The maximum Gasteiger partial charge on any atom is 0.135 e. The molecule has 0 saturated carbocycles. The van der Waals surface area contributed by atoms with E-state index in [1.807, 2.05) is 12.1 Å². The average Bonchev–Trinajstić information content (AvgIpc) is 2.21. The van der Waals surface area contributed by atoms with Crippen molar-refractivity contribution >= 4 is 31.9 Å². The Labute approximate surface area is 106 Å². The van der Waals surface area contributed by atoms with Crippen LogP contribution in [-0.2, 0) is 0 Å². The summed E-state index contributed by atoms with van der Waals surface area (Å²) in [6.45, 7) is 3.65. The molecule has 1 rings (SSSR count). The topological polar surface area (TPSA) is 46.2 Å². The van der Waals surface area contributed by atoms with Crippen molar-refractivity contribution in [3.63, 3.8) is 0 Å². The number of aromatic hydroxyl groups is 1. The number of rotatable bonds is 4. The molecule has 1 aromatic rings. The van der Waals surface area contributed by atoms with E-state index in [9.17, 15) is 5.11 Å². The first-order chi connectivity index (χ1) is 7.07. The highest BCUT2D eigenvalue weighted by atomic mass is 79.9. The molecule has 0 spiro atoms. The summed E-state index contributed by atoms with van der Waals surface area (Å²) in [7, 11) is 0. The van der Waals surface area contributed by atoms with Gasteiger partial charge in [0, 0.05) is 16.1 Å². The van der Waals surface area contributed by atoms with E-state index in [0.29, 0.717) is 4.47 Å². The van der Waals surface area contributed by atoms with Gasteiger partial charge in [0.2, 0.25) is 0 Å². The number of hydrogen-bond donors (Lipinski definition) is 2. The molecule has 0 saturated heterocycles. The van der Waals surface area contributed by atoms with Gasteiger partial charge in [-0.1, -0.05) is 22.0 Å². The maximum atomic E-state index is 9.87. The van der Waals surface area contributed by atoms with Crippen molar-refractivity contribution in [3.05, 3.63) is 39.3 Å². The lowest BCUT2D eigenvalue weighted by Gasteiger charge is -2.15. The molecule has 0 bridgehead atoms. The SMILES string of the molecule is C=CCC[C@@H](N)c1c(Br)ccc(Br)c1O. The van der Waals surface area contributed by atoms with Gasteiger partial charge < -0.3 is 10.8 Å². The van der Waals surface area contributed by atoms with E-state index < -0.39 is 0 Å². The number of allylic oxidation sites excluding steroid dienone is 1. The third-order valence-corrected chi connectivity index (χ3v) is 3.50. The maximum absolute atomic E-state index is 9.87. The zero-order valence-electron chi connectivity index (χ0n) is 8.21. The van der Waals surface area contributed by atoms with Crippen LogP contribution in [0.3, 0.4) is 0 Å². The Morgan fingerprint density at radius 2 is 2.00 bits per heavy atom. The molecule has 82 valence electrons. The van der Waals surface area contributed by atoms with E-state index >= 15 is 0 Å². The molecule has 15 heavy (non-hydrogen) atoms. The zero-order chi connectivity index (χ0) is 11.4. The van der Waals surface area contributed by atoms with Gasteiger partial charge >= 0.3 is 0 Å². The summed E-state index contributed by atoms with van der Waals surface area (Å²) >= 11 is 6.66. The van der Waals surface area contributed by atoms with Gasteiger partial charge in [-0.3, -0.25) is 0 Å². The second-order valence-electron chi connectivity index (χ2n) is 3.26. The van der Waals surface area contributed by atoms with Crippen LogP contribution in [0.2, 0.25) is 0 Å². The molecule has 3 N–H and O–H groups in total. The van der Waals surface area contributed by atoms with Crippen LogP contribution >= 0.6 is 31.9 Å². The number of nitrogens with two attached hydrogens (primary N) is 1. The second-order valence-corrected chi connectivity index (χ2v) is 4.97. The van der Waals surface area contributed by atoms with Gasteiger partial charge in [-0.25, -0.2) is 0 Å². The third kappa shape index (κ3) is 3.06. The molecule has 0 fully saturated rings. The summed E-state index contributed by atoms with van der Waals surface area (Å²) in [4.78, 5) is 0. The lowest BCUT2D eigenvalue weighted by atomic mass is 10.0. The fourth-order valence-corrected chi connectivity index (χ4v) is 2.31. The fourth-order valence-electron chi connectivity index (χ4n) is 1.35. The minimum Gasteiger partial charge on any atom is -0.506 e. The molecular formula is C11H13Br2NO. The standard InChI is InChI=1S/C11H13Br2NO/c1-2-3-4-9(14)10-7(12)5-6-8(13)11(10)15/h2,5-6,9,15H,1,3-4,14H2/t9-/m1/s1. The van der Waals surface area contributed by atoms with Gasteiger partial charge in [0.05, 0.1) is 4.47 Å². The van der Waals surface area contributed by atoms with E-state index in [0.717, 1.165) is 22.9 Å². The van der Waals surface area contributed by atoms with Crippen molar-refractivity contribution in [1.29, 1.82) is 0 Å². The average molecular weight is 335 g/mol. The Kier molecular flexibility index (Phi) is 4.83. The first-order valence-corrected chi connectivity index (χ1v) is 6.20. The van der Waals surface area contributed by atoms with Crippen LogP contribution < -0.4 is 5.73 Å². The van der Waals surface area contributed by atoms with E-state index in [-0.39, 0.29) is 11.8 Å². The van der Waals surface area contributed by atoms with Gasteiger partial charge in [0.15, 0.2) is 0 Å². The summed E-state index contributed by atoms with van der Waals surface area (Å²) in [5, 5.41) is 9.87. The molecule has 0 amide bonds. The van der Waals surface area contributed by atoms with Crippen LogP contribution in [0.5, 0.6) is 5.75 Å². The van der Waals surface area contributed by atoms with Gasteiger partial charge in [-0.05, 0) is 40.9 Å². The monoisotopic (exact) mass is 333 g/mol. The third-order valence-electron chi connectivity index (χ3n) is 2.17. The Balaban J connectivity index is 3.01. The lowest BCUT2D eigenvalue weighted by molar-refractivity contribution is 0.454. The molecule has 1 aromatic carbocycles. The highest BCUT2D eigenvalue weighted by Gasteiger charge is 2.16.